The van der Waals surface area contributed by atoms with Gasteiger partial charge in [0.05, 0.1) is 7.11 Å². The molecule has 0 aliphatic rings. The Morgan fingerprint density at radius 1 is 1.07 bits per heavy atom. The second-order valence-corrected chi connectivity index (χ2v) is 8.64. The number of methoxy groups -OCH3 is 1. The normalized spacial score (nSPS) is 12.4. The third kappa shape index (κ3) is 4.53. The number of amides is 1. The number of carbonyl (C=O) groups excluding carboxylic acids is 1. The molecule has 2 N–H and O–H groups in total. The Hall–Kier alpha value is -2.82. The van der Waals surface area contributed by atoms with Gasteiger partial charge in [0.25, 0.3) is 15.9 Å². The van der Waals surface area contributed by atoms with Crippen molar-refractivity contribution in [3.63, 3.8) is 0 Å². The number of anilines is 1. The van der Waals surface area contributed by atoms with Gasteiger partial charge in [0.15, 0.2) is 0 Å². The lowest BCUT2D eigenvalue weighted by atomic mass is 10.1. The van der Waals surface area contributed by atoms with E-state index in [1.807, 2.05) is 0 Å². The van der Waals surface area contributed by atoms with Crippen LogP contribution in [0.3, 0.4) is 0 Å². The summed E-state index contributed by atoms with van der Waals surface area (Å²) in [6.45, 7) is 1.70. The third-order valence-corrected chi connectivity index (χ3v) is 6.58. The van der Waals surface area contributed by atoms with Crippen LogP contribution in [0.4, 0.5) is 5.13 Å². The summed E-state index contributed by atoms with van der Waals surface area (Å²) in [5.74, 6) is 0.182. The fourth-order valence-electron chi connectivity index (χ4n) is 2.50. The first-order valence-corrected chi connectivity index (χ1v) is 10.6. The van der Waals surface area contributed by atoms with Gasteiger partial charge in [-0.3, -0.25) is 10.1 Å². The fraction of sp³-hybridized carbons (Fsp3) is 0.167. The van der Waals surface area contributed by atoms with E-state index in [2.05, 4.69) is 20.2 Å². The number of nitrogens with zero attached hydrogens (tertiary/aromatic N) is 2. The highest BCUT2D eigenvalue weighted by Gasteiger charge is 2.25. The molecular weight excluding hydrogens is 400 g/mol. The molecule has 0 bridgehead atoms. The Kier molecular flexibility index (Phi) is 6.02. The SMILES string of the molecule is COc1ccccc1[C@@H](C)NS(=O)(=O)c1nnc(NC(=O)c2ccccc2)s1. The maximum atomic E-state index is 12.6. The number of carbonyl (C=O) groups is 1. The number of hydrogen-bond acceptors (Lipinski definition) is 7. The van der Waals surface area contributed by atoms with Gasteiger partial charge in [0.2, 0.25) is 9.47 Å². The monoisotopic (exact) mass is 418 g/mol. The number of aromatic nitrogens is 2. The van der Waals surface area contributed by atoms with E-state index in [0.29, 0.717) is 16.9 Å². The van der Waals surface area contributed by atoms with Crippen LogP contribution in [-0.2, 0) is 10.0 Å². The lowest BCUT2D eigenvalue weighted by Crippen LogP contribution is -2.27. The summed E-state index contributed by atoms with van der Waals surface area (Å²) in [6, 6.07) is 15.1. The number of nitrogens with one attached hydrogen (secondary N) is 2. The Balaban J connectivity index is 1.73. The van der Waals surface area contributed by atoms with Gasteiger partial charge in [-0.1, -0.05) is 47.7 Å². The van der Waals surface area contributed by atoms with Crippen molar-refractivity contribution < 1.29 is 17.9 Å². The van der Waals surface area contributed by atoms with Gasteiger partial charge >= 0.3 is 0 Å². The highest BCUT2D eigenvalue weighted by Crippen LogP contribution is 2.27. The number of ether oxygens (including phenoxy) is 1. The van der Waals surface area contributed by atoms with Crippen LogP contribution in [0.25, 0.3) is 0 Å². The van der Waals surface area contributed by atoms with Crippen molar-refractivity contribution in [2.75, 3.05) is 12.4 Å². The number of para-hydroxylation sites is 1. The van der Waals surface area contributed by atoms with Crippen LogP contribution in [0.5, 0.6) is 5.75 Å². The third-order valence-electron chi connectivity index (χ3n) is 3.83. The number of sulfonamides is 1. The molecule has 1 amide bonds. The van der Waals surface area contributed by atoms with Crippen LogP contribution < -0.4 is 14.8 Å². The summed E-state index contributed by atoms with van der Waals surface area (Å²) in [6.07, 6.45) is 0. The predicted octanol–water partition coefficient (Wildman–Crippen LogP) is 2.84. The highest BCUT2D eigenvalue weighted by molar-refractivity contribution is 7.91. The van der Waals surface area contributed by atoms with Gasteiger partial charge in [0, 0.05) is 17.2 Å². The lowest BCUT2D eigenvalue weighted by molar-refractivity contribution is 0.102. The summed E-state index contributed by atoms with van der Waals surface area (Å²) >= 11 is 0.774. The molecule has 0 saturated heterocycles. The Labute approximate surface area is 166 Å². The van der Waals surface area contributed by atoms with Crippen LogP contribution in [0, 0.1) is 0 Å². The molecule has 0 fully saturated rings. The molecule has 1 atom stereocenters. The van der Waals surface area contributed by atoms with Crippen molar-refractivity contribution in [2.45, 2.75) is 17.3 Å². The van der Waals surface area contributed by atoms with Gasteiger partial charge in [-0.2, -0.15) is 0 Å². The quantitative estimate of drug-likeness (QED) is 0.571. The second-order valence-electron chi connectivity index (χ2n) is 5.78. The van der Waals surface area contributed by atoms with E-state index in [9.17, 15) is 13.2 Å². The summed E-state index contributed by atoms with van der Waals surface area (Å²) in [7, 11) is -2.40. The van der Waals surface area contributed by atoms with E-state index in [1.165, 1.54) is 7.11 Å². The molecule has 1 aromatic heterocycles. The fourth-order valence-corrected chi connectivity index (χ4v) is 4.63. The highest BCUT2D eigenvalue weighted by atomic mass is 32.2. The second kappa shape index (κ2) is 8.46. The zero-order chi connectivity index (χ0) is 20.1. The van der Waals surface area contributed by atoms with Crippen molar-refractivity contribution in [2.24, 2.45) is 0 Å². The van der Waals surface area contributed by atoms with Gasteiger partial charge < -0.3 is 4.74 Å². The van der Waals surface area contributed by atoms with Crippen molar-refractivity contribution >= 4 is 32.4 Å². The largest absolute Gasteiger partial charge is 0.496 e. The van der Waals surface area contributed by atoms with Crippen LogP contribution >= 0.6 is 11.3 Å². The minimum absolute atomic E-state index is 0.0965. The van der Waals surface area contributed by atoms with Crippen LogP contribution in [0.1, 0.15) is 28.9 Å². The minimum Gasteiger partial charge on any atom is -0.496 e. The first-order valence-electron chi connectivity index (χ1n) is 8.26. The Morgan fingerprint density at radius 2 is 1.75 bits per heavy atom. The van der Waals surface area contributed by atoms with E-state index in [4.69, 9.17) is 4.74 Å². The molecule has 0 radical (unpaired) electrons. The molecule has 0 aliphatic heterocycles. The summed E-state index contributed by atoms with van der Waals surface area (Å²) < 4.78 is 32.8. The molecule has 0 saturated carbocycles. The molecule has 3 rings (SSSR count). The Bertz CT molecular complexity index is 1070. The lowest BCUT2D eigenvalue weighted by Gasteiger charge is -2.16. The predicted molar refractivity (Wildman–Crippen MR) is 106 cm³/mol. The number of rotatable bonds is 7. The molecule has 146 valence electrons. The van der Waals surface area contributed by atoms with Crippen LogP contribution in [0.2, 0.25) is 0 Å². The summed E-state index contributed by atoms with van der Waals surface area (Å²) in [4.78, 5) is 12.2. The molecule has 8 nitrogen and oxygen atoms in total. The van der Waals surface area contributed by atoms with Gasteiger partial charge in [0.1, 0.15) is 5.75 Å². The van der Waals surface area contributed by atoms with Gasteiger partial charge in [-0.05, 0) is 25.1 Å². The molecule has 28 heavy (non-hydrogen) atoms. The van der Waals surface area contributed by atoms with E-state index in [0.717, 1.165) is 11.3 Å². The van der Waals surface area contributed by atoms with Crippen molar-refractivity contribution in [1.29, 1.82) is 0 Å². The smallest absolute Gasteiger partial charge is 0.270 e. The summed E-state index contributed by atoms with van der Waals surface area (Å²) in [5, 5.41) is 10.1. The molecule has 1 heterocycles. The summed E-state index contributed by atoms with van der Waals surface area (Å²) in [5.41, 5.74) is 1.13. The zero-order valence-electron chi connectivity index (χ0n) is 15.1. The Morgan fingerprint density at radius 3 is 2.46 bits per heavy atom. The standard InChI is InChI=1S/C18H18N4O4S2/c1-12(14-10-6-7-11-15(14)26-2)22-28(24,25)18-21-20-17(27-18)19-16(23)13-8-4-3-5-9-13/h3-12,22H,1-2H3,(H,19,20,23)/t12-/m1/s1. The van der Waals surface area contributed by atoms with Crippen molar-refractivity contribution in [3.8, 4) is 5.75 Å². The molecule has 2 aromatic carbocycles. The topological polar surface area (TPSA) is 110 Å². The van der Waals surface area contributed by atoms with Crippen molar-refractivity contribution in [3.05, 3.63) is 65.7 Å². The minimum atomic E-state index is -3.92. The van der Waals surface area contributed by atoms with Gasteiger partial charge in [-0.25, -0.2) is 13.1 Å². The van der Waals surface area contributed by atoms with Crippen molar-refractivity contribution in [1.82, 2.24) is 14.9 Å². The maximum absolute atomic E-state index is 12.6. The molecule has 3 aromatic rings. The molecule has 0 aliphatic carbocycles. The number of hydrogen-bond donors (Lipinski definition) is 2. The average Bonchev–Trinajstić information content (AvgIpc) is 3.17. The molecule has 0 unspecified atom stereocenters. The first-order chi connectivity index (χ1) is 13.4. The van der Waals surface area contributed by atoms with E-state index in [-0.39, 0.29) is 9.47 Å². The van der Waals surface area contributed by atoms with Gasteiger partial charge in [-0.15, -0.1) is 10.2 Å². The van der Waals surface area contributed by atoms with E-state index < -0.39 is 22.0 Å². The van der Waals surface area contributed by atoms with Crippen LogP contribution in [0.15, 0.2) is 58.9 Å². The first kappa shape index (κ1) is 19.9. The zero-order valence-corrected chi connectivity index (χ0v) is 16.8. The maximum Gasteiger partial charge on any atom is 0.270 e. The molecular formula is C18H18N4O4S2. The number of benzene rings is 2. The van der Waals surface area contributed by atoms with E-state index in [1.54, 1.807) is 61.5 Å². The average molecular weight is 419 g/mol. The molecule has 0 spiro atoms. The van der Waals surface area contributed by atoms with E-state index >= 15 is 0 Å². The van der Waals surface area contributed by atoms with Crippen LogP contribution in [-0.4, -0.2) is 31.6 Å². The molecule has 10 heteroatoms.